The summed E-state index contributed by atoms with van der Waals surface area (Å²) in [4.78, 5) is 13.2. The monoisotopic (exact) mass is 191 g/mol. The second kappa shape index (κ2) is 4.80. The molecule has 2 nitrogen and oxygen atoms in total. The average Bonchev–Trinajstić information content (AvgIpc) is 2.19. The maximum Gasteiger partial charge on any atom is 0.219 e. The second-order valence-corrected chi connectivity index (χ2v) is 3.39. The molecule has 1 aromatic carbocycles. The highest BCUT2D eigenvalue weighted by molar-refractivity contribution is 5.73. The minimum Gasteiger partial charge on any atom is -0.336 e. The van der Waals surface area contributed by atoms with Crippen LogP contribution in [0.5, 0.6) is 0 Å². The van der Waals surface area contributed by atoms with Crippen molar-refractivity contribution in [2.75, 3.05) is 6.54 Å². The van der Waals surface area contributed by atoms with Gasteiger partial charge in [-0.3, -0.25) is 4.79 Å². The second-order valence-electron chi connectivity index (χ2n) is 3.39. The summed E-state index contributed by atoms with van der Waals surface area (Å²) >= 11 is 0. The Labute approximate surface area is 85.5 Å². The third-order valence-electron chi connectivity index (χ3n) is 2.49. The van der Waals surface area contributed by atoms with E-state index in [4.69, 9.17) is 0 Å². The summed E-state index contributed by atoms with van der Waals surface area (Å²) < 4.78 is 0. The molecule has 1 unspecified atom stereocenters. The van der Waals surface area contributed by atoms with Gasteiger partial charge in [-0.2, -0.15) is 0 Å². The lowest BCUT2D eigenvalue weighted by molar-refractivity contribution is -0.130. The number of carbonyl (C=O) groups is 1. The molecule has 1 aromatic rings. The van der Waals surface area contributed by atoms with E-state index in [1.807, 2.05) is 30.0 Å². The van der Waals surface area contributed by atoms with Crippen LogP contribution in [-0.4, -0.2) is 17.4 Å². The third-order valence-corrected chi connectivity index (χ3v) is 2.49. The van der Waals surface area contributed by atoms with Gasteiger partial charge in [-0.05, 0) is 19.4 Å². The van der Waals surface area contributed by atoms with E-state index in [1.165, 1.54) is 5.56 Å². The molecule has 0 heterocycles. The molecule has 14 heavy (non-hydrogen) atoms. The van der Waals surface area contributed by atoms with E-state index < -0.39 is 0 Å². The van der Waals surface area contributed by atoms with Gasteiger partial charge in [0.05, 0.1) is 6.04 Å². The molecule has 76 valence electrons. The number of hydrogen-bond donors (Lipinski definition) is 0. The highest BCUT2D eigenvalue weighted by Gasteiger charge is 2.15. The van der Waals surface area contributed by atoms with Gasteiger partial charge in [0.1, 0.15) is 0 Å². The number of benzene rings is 1. The van der Waals surface area contributed by atoms with Gasteiger partial charge in [-0.25, -0.2) is 0 Å². The van der Waals surface area contributed by atoms with Gasteiger partial charge in [0.2, 0.25) is 5.91 Å². The molecule has 2 heteroatoms. The van der Waals surface area contributed by atoms with Crippen molar-refractivity contribution in [3.63, 3.8) is 0 Å². The molecule has 1 amide bonds. The topological polar surface area (TPSA) is 20.3 Å². The summed E-state index contributed by atoms with van der Waals surface area (Å²) in [5.41, 5.74) is 1.18. The summed E-state index contributed by atoms with van der Waals surface area (Å²) in [7, 11) is 0. The molecule has 1 atom stereocenters. The van der Waals surface area contributed by atoms with Crippen LogP contribution in [0, 0.1) is 0 Å². The molecule has 0 aliphatic rings. The summed E-state index contributed by atoms with van der Waals surface area (Å²) in [6.07, 6.45) is 0. The Balaban J connectivity index is 2.83. The smallest absolute Gasteiger partial charge is 0.219 e. The molecule has 0 aliphatic carbocycles. The maximum absolute atomic E-state index is 11.3. The van der Waals surface area contributed by atoms with E-state index in [2.05, 4.69) is 19.1 Å². The van der Waals surface area contributed by atoms with Crippen LogP contribution in [0.25, 0.3) is 0 Å². The number of nitrogens with zero attached hydrogens (tertiary/aromatic N) is 1. The van der Waals surface area contributed by atoms with Gasteiger partial charge >= 0.3 is 0 Å². The normalized spacial score (nSPS) is 12.2. The lowest BCUT2D eigenvalue weighted by atomic mass is 10.1. The van der Waals surface area contributed by atoms with Gasteiger partial charge in [0.25, 0.3) is 0 Å². The van der Waals surface area contributed by atoms with Crippen molar-refractivity contribution >= 4 is 5.91 Å². The fraction of sp³-hybridized carbons (Fsp3) is 0.417. The van der Waals surface area contributed by atoms with Crippen LogP contribution >= 0.6 is 0 Å². The first-order valence-electron chi connectivity index (χ1n) is 4.99. The van der Waals surface area contributed by atoms with Crippen LogP contribution in [-0.2, 0) is 4.79 Å². The van der Waals surface area contributed by atoms with Gasteiger partial charge < -0.3 is 4.90 Å². The lowest BCUT2D eigenvalue weighted by Crippen LogP contribution is -2.31. The van der Waals surface area contributed by atoms with Gasteiger partial charge in [-0.1, -0.05) is 30.3 Å². The minimum atomic E-state index is 0.129. The number of rotatable bonds is 3. The van der Waals surface area contributed by atoms with Crippen LogP contribution in [0.15, 0.2) is 30.3 Å². The Morgan fingerprint density at radius 3 is 2.36 bits per heavy atom. The fourth-order valence-corrected chi connectivity index (χ4v) is 1.68. The minimum absolute atomic E-state index is 0.129. The fourth-order valence-electron chi connectivity index (χ4n) is 1.68. The van der Waals surface area contributed by atoms with Crippen molar-refractivity contribution in [3.8, 4) is 0 Å². The molecular formula is C12H17NO. The van der Waals surface area contributed by atoms with E-state index in [1.54, 1.807) is 6.92 Å². The van der Waals surface area contributed by atoms with Gasteiger partial charge in [0, 0.05) is 13.5 Å². The van der Waals surface area contributed by atoms with Crippen molar-refractivity contribution in [1.82, 2.24) is 4.90 Å². The molecule has 0 saturated heterocycles. The van der Waals surface area contributed by atoms with E-state index in [9.17, 15) is 4.79 Å². The van der Waals surface area contributed by atoms with Crippen LogP contribution < -0.4 is 0 Å². The van der Waals surface area contributed by atoms with E-state index in [-0.39, 0.29) is 11.9 Å². The Morgan fingerprint density at radius 2 is 1.93 bits per heavy atom. The highest BCUT2D eigenvalue weighted by Crippen LogP contribution is 2.19. The maximum atomic E-state index is 11.3. The molecular weight excluding hydrogens is 174 g/mol. The zero-order valence-corrected chi connectivity index (χ0v) is 9.03. The summed E-state index contributed by atoms with van der Waals surface area (Å²) in [5.74, 6) is 0.129. The van der Waals surface area contributed by atoms with Crippen molar-refractivity contribution in [2.24, 2.45) is 0 Å². The standard InChI is InChI=1S/C12H17NO/c1-4-13(11(3)14)10(2)12-8-6-5-7-9-12/h5-10H,4H2,1-3H3. The highest BCUT2D eigenvalue weighted by atomic mass is 16.2. The van der Waals surface area contributed by atoms with Crippen LogP contribution in [0.1, 0.15) is 32.4 Å². The molecule has 0 saturated carbocycles. The molecule has 0 fully saturated rings. The first-order chi connectivity index (χ1) is 6.66. The summed E-state index contributed by atoms with van der Waals surface area (Å²) in [6.45, 7) is 6.43. The quantitative estimate of drug-likeness (QED) is 0.719. The zero-order valence-electron chi connectivity index (χ0n) is 9.03. The number of amides is 1. The van der Waals surface area contributed by atoms with Crippen molar-refractivity contribution < 1.29 is 4.79 Å². The zero-order chi connectivity index (χ0) is 10.6. The predicted molar refractivity (Wildman–Crippen MR) is 57.9 cm³/mol. The molecule has 1 rings (SSSR count). The van der Waals surface area contributed by atoms with Crippen molar-refractivity contribution in [3.05, 3.63) is 35.9 Å². The van der Waals surface area contributed by atoms with Crippen LogP contribution in [0.4, 0.5) is 0 Å². The molecule has 0 radical (unpaired) electrons. The number of hydrogen-bond acceptors (Lipinski definition) is 1. The first kappa shape index (κ1) is 10.8. The van der Waals surface area contributed by atoms with Crippen LogP contribution in [0.3, 0.4) is 0 Å². The van der Waals surface area contributed by atoms with Crippen LogP contribution in [0.2, 0.25) is 0 Å². The third kappa shape index (κ3) is 2.34. The predicted octanol–water partition coefficient (Wildman–Crippen LogP) is 2.62. The van der Waals surface area contributed by atoms with Gasteiger partial charge in [0.15, 0.2) is 0 Å². The summed E-state index contributed by atoms with van der Waals surface area (Å²) in [5, 5.41) is 0. The van der Waals surface area contributed by atoms with Gasteiger partial charge in [-0.15, -0.1) is 0 Å². The van der Waals surface area contributed by atoms with Crippen molar-refractivity contribution in [2.45, 2.75) is 26.8 Å². The molecule has 0 N–H and O–H groups in total. The molecule has 0 aliphatic heterocycles. The van der Waals surface area contributed by atoms with Crippen molar-refractivity contribution in [1.29, 1.82) is 0 Å². The first-order valence-corrected chi connectivity index (χ1v) is 4.99. The Hall–Kier alpha value is -1.31. The largest absolute Gasteiger partial charge is 0.336 e. The molecule has 0 bridgehead atoms. The van der Waals surface area contributed by atoms with E-state index >= 15 is 0 Å². The molecule has 0 spiro atoms. The Kier molecular flexibility index (Phi) is 3.69. The SMILES string of the molecule is CCN(C(C)=O)C(C)c1ccccc1. The summed E-state index contributed by atoms with van der Waals surface area (Å²) in [6, 6.07) is 10.3. The van der Waals surface area contributed by atoms with E-state index in [0.717, 1.165) is 6.54 Å². The molecule has 0 aromatic heterocycles. The number of carbonyl (C=O) groups excluding carboxylic acids is 1. The average molecular weight is 191 g/mol. The van der Waals surface area contributed by atoms with E-state index in [0.29, 0.717) is 0 Å². The Bertz CT molecular complexity index is 294. The Morgan fingerprint density at radius 1 is 1.36 bits per heavy atom. The lowest BCUT2D eigenvalue weighted by Gasteiger charge is -2.27.